The summed E-state index contributed by atoms with van der Waals surface area (Å²) in [6, 6.07) is 5.76. The number of benzene rings is 1. The van der Waals surface area contributed by atoms with Gasteiger partial charge in [-0.2, -0.15) is 13.2 Å². The number of nitrogens with one attached hydrogen (secondary N) is 1. The van der Waals surface area contributed by atoms with Crippen LogP contribution in [0.25, 0.3) is 0 Å². The monoisotopic (exact) mass is 293 g/mol. The highest BCUT2D eigenvalue weighted by Gasteiger charge is 2.30. The summed E-state index contributed by atoms with van der Waals surface area (Å²) in [6.45, 7) is 3.34. The highest BCUT2D eigenvalue weighted by atomic mass is 32.2. The standard InChI is InChI=1S/C12H14F3NO2S/c1-8(2)18-7-11(17)16-9-5-3-4-6-10(9)19-12(13,14)15/h3-6,8H,7H2,1-2H3,(H,16,17). The molecule has 1 amide bonds. The van der Waals surface area contributed by atoms with Crippen molar-refractivity contribution in [1.82, 2.24) is 0 Å². The summed E-state index contributed by atoms with van der Waals surface area (Å²) in [5.74, 6) is -0.482. The summed E-state index contributed by atoms with van der Waals surface area (Å²) in [7, 11) is 0. The van der Waals surface area contributed by atoms with Crippen LogP contribution in [-0.2, 0) is 9.53 Å². The van der Waals surface area contributed by atoms with Gasteiger partial charge in [-0.1, -0.05) is 12.1 Å². The Balaban J connectivity index is 2.70. The van der Waals surface area contributed by atoms with Crippen molar-refractivity contribution < 1.29 is 22.7 Å². The molecule has 19 heavy (non-hydrogen) atoms. The number of hydrogen-bond acceptors (Lipinski definition) is 3. The number of anilines is 1. The molecule has 1 N–H and O–H groups in total. The average Bonchev–Trinajstić information content (AvgIpc) is 2.27. The second kappa shape index (κ2) is 6.81. The Bertz CT molecular complexity index is 435. The molecule has 0 unspecified atom stereocenters. The number of thioether (sulfide) groups is 1. The molecule has 1 aromatic rings. The predicted molar refractivity (Wildman–Crippen MR) is 68.1 cm³/mol. The smallest absolute Gasteiger partial charge is 0.369 e. The zero-order valence-corrected chi connectivity index (χ0v) is 11.3. The molecular weight excluding hydrogens is 279 g/mol. The first-order valence-corrected chi connectivity index (χ1v) is 6.36. The fourth-order valence-electron chi connectivity index (χ4n) is 1.21. The van der Waals surface area contributed by atoms with E-state index in [1.807, 2.05) is 0 Å². The van der Waals surface area contributed by atoms with Gasteiger partial charge in [0.15, 0.2) is 0 Å². The minimum atomic E-state index is -4.39. The van der Waals surface area contributed by atoms with E-state index in [-0.39, 0.29) is 35.1 Å². The van der Waals surface area contributed by atoms with Gasteiger partial charge in [0.25, 0.3) is 0 Å². The second-order valence-corrected chi connectivity index (χ2v) is 5.06. The molecule has 1 aromatic carbocycles. The summed E-state index contributed by atoms with van der Waals surface area (Å²) in [4.78, 5) is 11.5. The number of carbonyl (C=O) groups excluding carboxylic acids is 1. The second-order valence-electron chi connectivity index (χ2n) is 3.95. The van der Waals surface area contributed by atoms with Crippen molar-refractivity contribution in [2.75, 3.05) is 11.9 Å². The van der Waals surface area contributed by atoms with E-state index in [9.17, 15) is 18.0 Å². The third-order valence-electron chi connectivity index (χ3n) is 1.93. The average molecular weight is 293 g/mol. The van der Waals surface area contributed by atoms with Crippen LogP contribution in [0.5, 0.6) is 0 Å². The van der Waals surface area contributed by atoms with E-state index < -0.39 is 11.4 Å². The molecule has 0 aliphatic rings. The van der Waals surface area contributed by atoms with Crippen molar-refractivity contribution in [1.29, 1.82) is 0 Å². The molecule has 0 aliphatic carbocycles. The maximum atomic E-state index is 12.3. The van der Waals surface area contributed by atoms with E-state index in [1.54, 1.807) is 19.9 Å². The normalized spacial score (nSPS) is 11.7. The highest BCUT2D eigenvalue weighted by Crippen LogP contribution is 2.40. The number of para-hydroxylation sites is 1. The van der Waals surface area contributed by atoms with Gasteiger partial charge in [-0.15, -0.1) is 0 Å². The van der Waals surface area contributed by atoms with E-state index in [1.165, 1.54) is 18.2 Å². The number of halogens is 3. The lowest BCUT2D eigenvalue weighted by molar-refractivity contribution is -0.121. The molecule has 106 valence electrons. The van der Waals surface area contributed by atoms with Crippen LogP contribution in [0.2, 0.25) is 0 Å². The van der Waals surface area contributed by atoms with Gasteiger partial charge < -0.3 is 10.1 Å². The first kappa shape index (κ1) is 15.8. The van der Waals surface area contributed by atoms with Gasteiger partial charge in [-0.05, 0) is 37.7 Å². The molecule has 3 nitrogen and oxygen atoms in total. The van der Waals surface area contributed by atoms with Gasteiger partial charge in [0.1, 0.15) is 6.61 Å². The Hall–Kier alpha value is -1.21. The minimum Gasteiger partial charge on any atom is -0.369 e. The Morgan fingerprint density at radius 2 is 2.00 bits per heavy atom. The zero-order valence-electron chi connectivity index (χ0n) is 10.5. The van der Waals surface area contributed by atoms with Crippen LogP contribution in [0.1, 0.15) is 13.8 Å². The van der Waals surface area contributed by atoms with Gasteiger partial charge in [-0.3, -0.25) is 4.79 Å². The van der Waals surface area contributed by atoms with Gasteiger partial charge in [0.05, 0.1) is 11.8 Å². The van der Waals surface area contributed by atoms with Crippen LogP contribution < -0.4 is 5.32 Å². The lowest BCUT2D eigenvalue weighted by Gasteiger charge is -2.13. The largest absolute Gasteiger partial charge is 0.446 e. The van der Waals surface area contributed by atoms with E-state index in [4.69, 9.17) is 4.74 Å². The quantitative estimate of drug-likeness (QED) is 0.842. The third-order valence-corrected chi connectivity index (χ3v) is 2.74. The highest BCUT2D eigenvalue weighted by molar-refractivity contribution is 8.00. The fourth-order valence-corrected chi connectivity index (χ4v) is 1.84. The van der Waals surface area contributed by atoms with Crippen LogP contribution in [-0.4, -0.2) is 24.1 Å². The van der Waals surface area contributed by atoms with Crippen LogP contribution in [0.3, 0.4) is 0 Å². The topological polar surface area (TPSA) is 38.3 Å². The maximum absolute atomic E-state index is 12.3. The van der Waals surface area contributed by atoms with Gasteiger partial charge in [0, 0.05) is 4.90 Å². The summed E-state index contributed by atoms with van der Waals surface area (Å²) in [6.07, 6.45) is -0.120. The van der Waals surface area contributed by atoms with Crippen molar-refractivity contribution in [2.45, 2.75) is 30.4 Å². The molecular formula is C12H14F3NO2S. The Morgan fingerprint density at radius 3 is 2.58 bits per heavy atom. The van der Waals surface area contributed by atoms with Crippen LogP contribution in [0.15, 0.2) is 29.2 Å². The molecule has 1 rings (SSSR count). The number of alkyl halides is 3. The maximum Gasteiger partial charge on any atom is 0.446 e. The number of ether oxygens (including phenoxy) is 1. The fraction of sp³-hybridized carbons (Fsp3) is 0.417. The van der Waals surface area contributed by atoms with Crippen LogP contribution in [0.4, 0.5) is 18.9 Å². The predicted octanol–water partition coefficient (Wildman–Crippen LogP) is 3.66. The van der Waals surface area contributed by atoms with Crippen molar-refractivity contribution in [3.63, 3.8) is 0 Å². The Kier molecular flexibility index (Phi) is 5.68. The third kappa shape index (κ3) is 6.49. The molecule has 0 saturated carbocycles. The molecule has 0 fully saturated rings. The first-order chi connectivity index (χ1) is 8.78. The molecule has 0 saturated heterocycles. The number of hydrogen-bond donors (Lipinski definition) is 1. The molecule has 0 bridgehead atoms. The molecule has 0 aromatic heterocycles. The first-order valence-electron chi connectivity index (χ1n) is 5.54. The minimum absolute atomic E-state index is 0.0482. The number of amides is 1. The number of carbonyl (C=O) groups is 1. The van der Waals surface area contributed by atoms with E-state index in [0.29, 0.717) is 0 Å². The van der Waals surface area contributed by atoms with Gasteiger partial charge in [-0.25, -0.2) is 0 Å². The van der Waals surface area contributed by atoms with Crippen molar-refractivity contribution in [2.24, 2.45) is 0 Å². The lowest BCUT2D eigenvalue weighted by Crippen LogP contribution is -2.21. The van der Waals surface area contributed by atoms with Crippen molar-refractivity contribution in [3.05, 3.63) is 24.3 Å². The molecule has 0 heterocycles. The van der Waals surface area contributed by atoms with Crippen molar-refractivity contribution >= 4 is 23.4 Å². The molecule has 0 aliphatic heterocycles. The van der Waals surface area contributed by atoms with E-state index in [2.05, 4.69) is 5.32 Å². The lowest BCUT2D eigenvalue weighted by atomic mass is 10.3. The Labute approximate surface area is 113 Å². The van der Waals surface area contributed by atoms with Crippen LogP contribution >= 0.6 is 11.8 Å². The summed E-state index contributed by atoms with van der Waals surface area (Å²) in [5, 5.41) is 2.40. The summed E-state index contributed by atoms with van der Waals surface area (Å²) >= 11 is -0.262. The number of rotatable bonds is 5. The van der Waals surface area contributed by atoms with Gasteiger partial charge >= 0.3 is 5.51 Å². The molecule has 0 spiro atoms. The van der Waals surface area contributed by atoms with Crippen LogP contribution in [0, 0.1) is 0 Å². The van der Waals surface area contributed by atoms with E-state index in [0.717, 1.165) is 0 Å². The summed E-state index contributed by atoms with van der Waals surface area (Å²) < 4.78 is 42.1. The van der Waals surface area contributed by atoms with Crippen molar-refractivity contribution in [3.8, 4) is 0 Å². The molecule has 7 heteroatoms. The van der Waals surface area contributed by atoms with Gasteiger partial charge in [0.2, 0.25) is 5.91 Å². The zero-order chi connectivity index (χ0) is 14.5. The SMILES string of the molecule is CC(C)OCC(=O)Nc1ccccc1SC(F)(F)F. The summed E-state index contributed by atoms with van der Waals surface area (Å²) in [5.41, 5.74) is -4.27. The van der Waals surface area contributed by atoms with E-state index >= 15 is 0 Å². The molecule has 0 radical (unpaired) electrons. The Morgan fingerprint density at radius 1 is 1.37 bits per heavy atom. The molecule has 0 atom stereocenters.